The van der Waals surface area contributed by atoms with Gasteiger partial charge in [0.25, 0.3) is 11.5 Å². The number of benzene rings is 1. The summed E-state index contributed by atoms with van der Waals surface area (Å²) in [6.45, 7) is 2.63. The molecule has 0 aliphatic carbocycles. The van der Waals surface area contributed by atoms with Crippen molar-refractivity contribution < 1.29 is 14.3 Å². The number of nitrogens with zero attached hydrogens (tertiary/aromatic N) is 2. The van der Waals surface area contributed by atoms with Gasteiger partial charge in [-0.15, -0.1) is 11.3 Å². The van der Waals surface area contributed by atoms with Crippen molar-refractivity contribution in [3.05, 3.63) is 62.7 Å². The number of aromatic nitrogens is 2. The van der Waals surface area contributed by atoms with Gasteiger partial charge >= 0.3 is 5.97 Å². The predicted octanol–water partition coefficient (Wildman–Crippen LogP) is 3.55. The number of fused-ring (bicyclic) bond motifs is 1. The highest BCUT2D eigenvalue weighted by Gasteiger charge is 2.19. The number of aryl methyl sites for hydroxylation is 1. The number of unbranched alkanes of at least 4 members (excludes halogenated alkanes) is 3. The molecule has 2 aromatic heterocycles. The molecule has 7 nitrogen and oxygen atoms in total. The molecule has 0 spiro atoms. The lowest BCUT2D eigenvalue weighted by Gasteiger charge is -2.11. The first-order chi connectivity index (χ1) is 15.1. The highest BCUT2D eigenvalue weighted by atomic mass is 32.1. The van der Waals surface area contributed by atoms with Gasteiger partial charge in [-0.3, -0.25) is 9.59 Å². The fraction of sp³-hybridized carbons (Fsp3) is 0.391. The maximum absolute atomic E-state index is 12.7. The van der Waals surface area contributed by atoms with E-state index in [-0.39, 0.29) is 17.2 Å². The Hall–Kier alpha value is -3.00. The molecule has 3 rings (SSSR count). The van der Waals surface area contributed by atoms with Crippen LogP contribution in [0.2, 0.25) is 0 Å². The number of ether oxygens (including phenoxy) is 1. The van der Waals surface area contributed by atoms with Gasteiger partial charge in [-0.1, -0.05) is 50.5 Å². The molecule has 1 amide bonds. The monoisotopic (exact) mass is 441 g/mol. The molecule has 0 unspecified atom stereocenters. The summed E-state index contributed by atoms with van der Waals surface area (Å²) < 4.78 is 6.53. The van der Waals surface area contributed by atoms with E-state index in [1.54, 1.807) is 35.6 Å². The molecule has 0 radical (unpaired) electrons. The summed E-state index contributed by atoms with van der Waals surface area (Å²) in [5.41, 5.74) is -0.174. The molecule has 0 bridgehead atoms. The van der Waals surface area contributed by atoms with Crippen LogP contribution in [0.25, 0.3) is 10.8 Å². The second kappa shape index (κ2) is 11.4. The van der Waals surface area contributed by atoms with Crippen molar-refractivity contribution in [3.63, 3.8) is 0 Å². The number of thiophene rings is 1. The minimum atomic E-state index is -0.716. The van der Waals surface area contributed by atoms with Gasteiger partial charge in [-0.05, 0) is 30.4 Å². The lowest BCUT2D eigenvalue weighted by atomic mass is 10.1. The fourth-order valence-corrected chi connectivity index (χ4v) is 3.97. The SMILES string of the molecule is CCCCCCn1nc(C(=O)OCC(=O)NCCc2cccs2)c2ccccc2c1=O. The van der Waals surface area contributed by atoms with E-state index in [2.05, 4.69) is 17.3 Å². The largest absolute Gasteiger partial charge is 0.451 e. The molecule has 0 atom stereocenters. The lowest BCUT2D eigenvalue weighted by molar-refractivity contribution is -0.124. The van der Waals surface area contributed by atoms with Crippen molar-refractivity contribution in [1.29, 1.82) is 0 Å². The van der Waals surface area contributed by atoms with Crippen LogP contribution in [0.1, 0.15) is 48.0 Å². The predicted molar refractivity (Wildman–Crippen MR) is 121 cm³/mol. The number of esters is 1. The third-order valence-corrected chi connectivity index (χ3v) is 5.83. The van der Waals surface area contributed by atoms with Crippen molar-refractivity contribution in [3.8, 4) is 0 Å². The van der Waals surface area contributed by atoms with Crippen molar-refractivity contribution in [1.82, 2.24) is 15.1 Å². The van der Waals surface area contributed by atoms with E-state index in [1.807, 2.05) is 17.5 Å². The van der Waals surface area contributed by atoms with Gasteiger partial charge < -0.3 is 10.1 Å². The Labute approximate surface area is 185 Å². The summed E-state index contributed by atoms with van der Waals surface area (Å²) in [5, 5.41) is 9.84. The molecular formula is C23H27N3O4S. The summed E-state index contributed by atoms with van der Waals surface area (Å²) in [6, 6.07) is 10.8. The number of hydrogen-bond acceptors (Lipinski definition) is 6. The van der Waals surface area contributed by atoms with E-state index in [1.165, 1.54) is 9.56 Å². The molecule has 0 aliphatic rings. The molecule has 0 fully saturated rings. The number of carbonyl (C=O) groups is 2. The van der Waals surface area contributed by atoms with Crippen molar-refractivity contribution in [2.24, 2.45) is 0 Å². The van der Waals surface area contributed by atoms with Crippen LogP contribution in [0.4, 0.5) is 0 Å². The number of hydrogen-bond donors (Lipinski definition) is 1. The van der Waals surface area contributed by atoms with E-state index in [4.69, 9.17) is 4.74 Å². The number of amides is 1. The summed E-state index contributed by atoms with van der Waals surface area (Å²) in [7, 11) is 0. The van der Waals surface area contributed by atoms with Crippen LogP contribution >= 0.6 is 11.3 Å². The molecule has 0 saturated carbocycles. The Kier molecular flexibility index (Phi) is 8.35. The van der Waals surface area contributed by atoms with Gasteiger partial charge in [0.05, 0.1) is 5.39 Å². The van der Waals surface area contributed by atoms with E-state index in [9.17, 15) is 14.4 Å². The Morgan fingerprint density at radius 1 is 1.10 bits per heavy atom. The van der Waals surface area contributed by atoms with Crippen LogP contribution in [0, 0.1) is 0 Å². The van der Waals surface area contributed by atoms with Crippen molar-refractivity contribution >= 4 is 34.0 Å². The van der Waals surface area contributed by atoms with Gasteiger partial charge in [0.2, 0.25) is 0 Å². The van der Waals surface area contributed by atoms with Crippen LogP contribution < -0.4 is 10.9 Å². The molecular weight excluding hydrogens is 414 g/mol. The highest BCUT2D eigenvalue weighted by molar-refractivity contribution is 7.09. The maximum atomic E-state index is 12.7. The second-order valence-corrected chi connectivity index (χ2v) is 8.27. The Bertz CT molecular complexity index is 1080. The quantitative estimate of drug-likeness (QED) is 0.363. The van der Waals surface area contributed by atoms with Crippen LogP contribution in [0.5, 0.6) is 0 Å². The third-order valence-electron chi connectivity index (χ3n) is 4.89. The minimum Gasteiger partial charge on any atom is -0.451 e. The highest BCUT2D eigenvalue weighted by Crippen LogP contribution is 2.15. The Balaban J connectivity index is 1.65. The van der Waals surface area contributed by atoms with Gasteiger partial charge in [0.1, 0.15) is 0 Å². The summed E-state index contributed by atoms with van der Waals surface area (Å²) >= 11 is 1.63. The van der Waals surface area contributed by atoms with Crippen LogP contribution in [-0.2, 0) is 22.5 Å². The molecule has 2 heterocycles. The average molecular weight is 442 g/mol. The summed E-state index contributed by atoms with van der Waals surface area (Å²) in [5.74, 6) is -1.09. The molecule has 164 valence electrons. The standard InChI is InChI=1S/C23H27N3O4S/c1-2-3-4-7-14-26-22(28)19-11-6-5-10-18(19)21(25-26)23(29)30-16-20(27)24-13-12-17-9-8-15-31-17/h5-6,8-11,15H,2-4,7,12-14,16H2,1H3,(H,24,27). The zero-order chi connectivity index (χ0) is 22.1. The summed E-state index contributed by atoms with van der Waals surface area (Å²) in [4.78, 5) is 38.6. The molecule has 1 aromatic carbocycles. The molecule has 3 aromatic rings. The number of nitrogens with one attached hydrogen (secondary N) is 1. The zero-order valence-electron chi connectivity index (χ0n) is 17.6. The van der Waals surface area contributed by atoms with Gasteiger partial charge in [0, 0.05) is 23.4 Å². The minimum absolute atomic E-state index is 0.0528. The molecule has 1 N–H and O–H groups in total. The average Bonchev–Trinajstić information content (AvgIpc) is 3.30. The maximum Gasteiger partial charge on any atom is 0.359 e. The normalized spacial score (nSPS) is 10.9. The van der Waals surface area contributed by atoms with Crippen LogP contribution in [0.15, 0.2) is 46.6 Å². The molecule has 31 heavy (non-hydrogen) atoms. The van der Waals surface area contributed by atoms with E-state index >= 15 is 0 Å². The number of rotatable bonds is 11. The lowest BCUT2D eigenvalue weighted by Crippen LogP contribution is -2.31. The smallest absolute Gasteiger partial charge is 0.359 e. The van der Waals surface area contributed by atoms with E-state index < -0.39 is 12.6 Å². The van der Waals surface area contributed by atoms with Gasteiger partial charge in [-0.2, -0.15) is 5.10 Å². The second-order valence-electron chi connectivity index (χ2n) is 7.24. The van der Waals surface area contributed by atoms with E-state index in [0.717, 1.165) is 32.1 Å². The molecule has 8 heteroatoms. The summed E-state index contributed by atoms with van der Waals surface area (Å²) in [6.07, 6.45) is 4.70. The first-order valence-corrected chi connectivity index (χ1v) is 11.4. The fourth-order valence-electron chi connectivity index (χ4n) is 3.26. The van der Waals surface area contributed by atoms with Crippen molar-refractivity contribution in [2.45, 2.75) is 45.6 Å². The Morgan fingerprint density at radius 2 is 1.90 bits per heavy atom. The van der Waals surface area contributed by atoms with E-state index in [0.29, 0.717) is 23.9 Å². The van der Waals surface area contributed by atoms with Crippen molar-refractivity contribution in [2.75, 3.05) is 13.2 Å². The molecule has 0 saturated heterocycles. The van der Waals surface area contributed by atoms with Gasteiger partial charge in [0.15, 0.2) is 12.3 Å². The zero-order valence-corrected chi connectivity index (χ0v) is 18.5. The first-order valence-electron chi connectivity index (χ1n) is 10.6. The topological polar surface area (TPSA) is 90.3 Å². The third kappa shape index (κ3) is 6.24. The van der Waals surface area contributed by atoms with Crippen LogP contribution in [-0.4, -0.2) is 34.8 Å². The number of carbonyl (C=O) groups excluding carboxylic acids is 2. The Morgan fingerprint density at radius 3 is 2.65 bits per heavy atom. The first kappa shape index (κ1) is 22.7. The van der Waals surface area contributed by atoms with Crippen LogP contribution in [0.3, 0.4) is 0 Å². The molecule has 0 aliphatic heterocycles. The van der Waals surface area contributed by atoms with Gasteiger partial charge in [-0.25, -0.2) is 9.48 Å².